The molecule has 124 valence electrons. The molecule has 0 saturated heterocycles. The Hall–Kier alpha value is -2.70. The molecule has 0 radical (unpaired) electrons. The third-order valence-corrected chi connectivity index (χ3v) is 3.47. The minimum absolute atomic E-state index is 0.116. The van der Waals surface area contributed by atoms with Gasteiger partial charge < -0.3 is 24.5 Å². The Morgan fingerprint density at radius 2 is 2.17 bits per heavy atom. The van der Waals surface area contributed by atoms with Gasteiger partial charge in [-0.15, -0.1) is 0 Å². The van der Waals surface area contributed by atoms with Crippen molar-refractivity contribution in [2.24, 2.45) is 12.0 Å². The summed E-state index contributed by atoms with van der Waals surface area (Å²) in [5, 5.41) is 5.84. The molecule has 0 saturated carbocycles. The lowest BCUT2D eigenvalue weighted by molar-refractivity contribution is -0.120. The molecule has 0 aliphatic heterocycles. The Bertz CT molecular complexity index is 645. The van der Waals surface area contributed by atoms with E-state index < -0.39 is 0 Å². The van der Waals surface area contributed by atoms with E-state index in [1.165, 1.54) is 0 Å². The molecule has 1 amide bonds. The minimum Gasteiger partial charge on any atom is -0.467 e. The van der Waals surface area contributed by atoms with E-state index in [0.29, 0.717) is 19.0 Å². The summed E-state index contributed by atoms with van der Waals surface area (Å²) in [6.07, 6.45) is 3.58. The topological polar surface area (TPSA) is 74.8 Å². The predicted molar refractivity (Wildman–Crippen MR) is 88.8 cm³/mol. The summed E-state index contributed by atoms with van der Waals surface area (Å²) in [7, 11) is 5.63. The second-order valence-corrected chi connectivity index (χ2v) is 5.22. The first-order valence-corrected chi connectivity index (χ1v) is 7.41. The van der Waals surface area contributed by atoms with Crippen LogP contribution in [-0.4, -0.2) is 42.0 Å². The molecule has 2 N–H and O–H groups in total. The van der Waals surface area contributed by atoms with Crippen LogP contribution in [0.1, 0.15) is 11.5 Å². The van der Waals surface area contributed by atoms with Crippen LogP contribution >= 0.6 is 0 Å². The highest BCUT2D eigenvalue weighted by Gasteiger charge is 2.10. The number of hydrogen-bond acceptors (Lipinski definition) is 3. The van der Waals surface area contributed by atoms with Gasteiger partial charge in [0.15, 0.2) is 5.96 Å². The number of carbonyl (C=O) groups is 1. The second-order valence-electron chi connectivity index (χ2n) is 5.22. The minimum atomic E-state index is -0.116. The number of rotatable bonds is 6. The largest absolute Gasteiger partial charge is 0.467 e. The second kappa shape index (κ2) is 8.07. The maximum absolute atomic E-state index is 11.9. The lowest BCUT2D eigenvalue weighted by Crippen LogP contribution is -2.43. The molecule has 2 heterocycles. The predicted octanol–water partition coefficient (Wildman–Crippen LogP) is 0.942. The van der Waals surface area contributed by atoms with Gasteiger partial charge in [-0.2, -0.15) is 0 Å². The summed E-state index contributed by atoms with van der Waals surface area (Å²) in [5.74, 6) is 1.28. The van der Waals surface area contributed by atoms with E-state index in [1.807, 2.05) is 37.3 Å². The van der Waals surface area contributed by atoms with Crippen LogP contribution in [0.3, 0.4) is 0 Å². The van der Waals surface area contributed by atoms with E-state index in [2.05, 4.69) is 26.3 Å². The standard InChI is InChI=1S/C16H23N5O2/c1-17-16(21(3)12-13-6-4-8-20(13)2)19-11-15(22)18-10-14-7-5-9-23-14/h4-9H,10-12H2,1-3H3,(H,17,19)(H,18,22). The maximum atomic E-state index is 11.9. The summed E-state index contributed by atoms with van der Waals surface area (Å²) >= 11 is 0. The molecule has 0 aliphatic rings. The molecule has 0 bridgehead atoms. The van der Waals surface area contributed by atoms with Crippen molar-refractivity contribution in [3.05, 3.63) is 48.2 Å². The van der Waals surface area contributed by atoms with E-state index in [1.54, 1.807) is 19.4 Å². The molecule has 7 heteroatoms. The van der Waals surface area contributed by atoms with Crippen LogP contribution in [0, 0.1) is 0 Å². The van der Waals surface area contributed by atoms with Gasteiger partial charge in [0, 0.05) is 33.0 Å². The van der Waals surface area contributed by atoms with Crippen LogP contribution < -0.4 is 10.6 Å². The normalized spacial score (nSPS) is 11.3. The first kappa shape index (κ1) is 16.7. The Balaban J connectivity index is 1.77. The summed E-state index contributed by atoms with van der Waals surface area (Å²) < 4.78 is 7.22. The van der Waals surface area contributed by atoms with Crippen molar-refractivity contribution in [2.45, 2.75) is 13.1 Å². The number of aliphatic imine (C=N–C) groups is 1. The van der Waals surface area contributed by atoms with E-state index in [9.17, 15) is 4.79 Å². The van der Waals surface area contributed by atoms with Crippen LogP contribution in [0.25, 0.3) is 0 Å². The Morgan fingerprint density at radius 3 is 2.78 bits per heavy atom. The van der Waals surface area contributed by atoms with Crippen LogP contribution in [0.15, 0.2) is 46.1 Å². The van der Waals surface area contributed by atoms with Gasteiger partial charge in [0.25, 0.3) is 0 Å². The van der Waals surface area contributed by atoms with Crippen molar-refractivity contribution in [3.8, 4) is 0 Å². The van der Waals surface area contributed by atoms with Gasteiger partial charge in [-0.05, 0) is 24.3 Å². The third-order valence-electron chi connectivity index (χ3n) is 3.47. The number of carbonyl (C=O) groups excluding carboxylic acids is 1. The third kappa shape index (κ3) is 4.91. The molecule has 0 spiro atoms. The summed E-state index contributed by atoms with van der Waals surface area (Å²) in [6, 6.07) is 7.67. The highest BCUT2D eigenvalue weighted by Crippen LogP contribution is 2.03. The number of amides is 1. The number of hydrogen-bond donors (Lipinski definition) is 2. The van der Waals surface area contributed by atoms with Gasteiger partial charge in [0.05, 0.1) is 25.9 Å². The highest BCUT2D eigenvalue weighted by molar-refractivity contribution is 5.86. The van der Waals surface area contributed by atoms with Gasteiger partial charge in [-0.1, -0.05) is 0 Å². The Kier molecular flexibility index (Phi) is 5.85. The van der Waals surface area contributed by atoms with E-state index in [-0.39, 0.29) is 12.5 Å². The van der Waals surface area contributed by atoms with E-state index in [4.69, 9.17) is 4.42 Å². The zero-order chi connectivity index (χ0) is 16.7. The number of guanidine groups is 1. The molecule has 0 unspecified atom stereocenters. The number of furan rings is 1. The Labute approximate surface area is 136 Å². The molecule has 23 heavy (non-hydrogen) atoms. The first-order valence-electron chi connectivity index (χ1n) is 7.41. The summed E-state index contributed by atoms with van der Waals surface area (Å²) in [5.41, 5.74) is 1.16. The Morgan fingerprint density at radius 1 is 1.35 bits per heavy atom. The molecule has 2 aromatic heterocycles. The quantitative estimate of drug-likeness (QED) is 0.614. The van der Waals surface area contributed by atoms with Crippen LogP contribution in [-0.2, 0) is 24.9 Å². The fraction of sp³-hybridized carbons (Fsp3) is 0.375. The fourth-order valence-corrected chi connectivity index (χ4v) is 2.18. The van der Waals surface area contributed by atoms with Crippen LogP contribution in [0.5, 0.6) is 0 Å². The number of aromatic nitrogens is 1. The van der Waals surface area contributed by atoms with Gasteiger partial charge in [0.2, 0.25) is 5.91 Å². The molecule has 0 fully saturated rings. The van der Waals surface area contributed by atoms with E-state index >= 15 is 0 Å². The van der Waals surface area contributed by atoms with Crippen LogP contribution in [0.4, 0.5) is 0 Å². The molecule has 7 nitrogen and oxygen atoms in total. The molecule has 2 rings (SSSR count). The van der Waals surface area contributed by atoms with Gasteiger partial charge in [-0.25, -0.2) is 0 Å². The molecular weight excluding hydrogens is 294 g/mol. The van der Waals surface area contributed by atoms with E-state index in [0.717, 1.165) is 11.5 Å². The zero-order valence-corrected chi connectivity index (χ0v) is 13.7. The van der Waals surface area contributed by atoms with Gasteiger partial charge >= 0.3 is 0 Å². The van der Waals surface area contributed by atoms with Crippen molar-refractivity contribution < 1.29 is 9.21 Å². The number of aryl methyl sites for hydroxylation is 1. The molecule has 0 aromatic carbocycles. The van der Waals surface area contributed by atoms with Crippen molar-refractivity contribution in [1.29, 1.82) is 0 Å². The molecule has 2 aromatic rings. The number of nitrogens with zero attached hydrogens (tertiary/aromatic N) is 3. The average Bonchev–Trinajstić information content (AvgIpc) is 3.18. The maximum Gasteiger partial charge on any atom is 0.239 e. The molecule has 0 aliphatic carbocycles. The van der Waals surface area contributed by atoms with Crippen molar-refractivity contribution in [2.75, 3.05) is 20.6 Å². The summed E-state index contributed by atoms with van der Waals surface area (Å²) in [4.78, 5) is 18.0. The first-order chi connectivity index (χ1) is 11.1. The van der Waals surface area contributed by atoms with Crippen molar-refractivity contribution in [3.63, 3.8) is 0 Å². The highest BCUT2D eigenvalue weighted by atomic mass is 16.3. The smallest absolute Gasteiger partial charge is 0.239 e. The van der Waals surface area contributed by atoms with Gasteiger partial charge in [-0.3, -0.25) is 9.79 Å². The van der Waals surface area contributed by atoms with Crippen LogP contribution in [0.2, 0.25) is 0 Å². The monoisotopic (exact) mass is 317 g/mol. The molecule has 0 atom stereocenters. The average molecular weight is 317 g/mol. The summed E-state index contributed by atoms with van der Waals surface area (Å²) in [6.45, 7) is 1.24. The van der Waals surface area contributed by atoms with Gasteiger partial charge in [0.1, 0.15) is 5.76 Å². The van der Waals surface area contributed by atoms with Crippen molar-refractivity contribution in [1.82, 2.24) is 20.1 Å². The lowest BCUT2D eigenvalue weighted by Gasteiger charge is -2.22. The number of nitrogens with one attached hydrogen (secondary N) is 2. The van der Waals surface area contributed by atoms with Crippen molar-refractivity contribution >= 4 is 11.9 Å². The lowest BCUT2D eigenvalue weighted by atomic mass is 10.4. The molecular formula is C16H23N5O2. The SMILES string of the molecule is CN=C(NCC(=O)NCc1ccco1)N(C)Cc1cccn1C. The fourth-order valence-electron chi connectivity index (χ4n) is 2.18. The zero-order valence-electron chi connectivity index (χ0n) is 13.7.